The fourth-order valence-electron chi connectivity index (χ4n) is 1.88. The SMILES string of the molecule is COC[C@@H]1CC[C@H](Nc2nc(N)[nH]c(=O)c2N)O1. The molecule has 0 radical (unpaired) electrons. The molecule has 0 aliphatic carbocycles. The molecule has 0 saturated carbocycles. The van der Waals surface area contributed by atoms with Gasteiger partial charge in [0.05, 0.1) is 12.7 Å². The standard InChI is InChI=1S/C10H17N5O3/c1-17-4-5-2-3-6(18-5)13-8-7(11)9(16)15-10(12)14-8/h5-6H,2-4,11H2,1H3,(H4,12,13,14,15,16)/t5-,6+/m0/s1. The Morgan fingerprint density at radius 3 is 3.06 bits per heavy atom. The van der Waals surface area contributed by atoms with Gasteiger partial charge in [-0.25, -0.2) is 0 Å². The number of nitrogens with zero attached hydrogens (tertiary/aromatic N) is 1. The van der Waals surface area contributed by atoms with Crippen molar-refractivity contribution in [2.75, 3.05) is 30.5 Å². The summed E-state index contributed by atoms with van der Waals surface area (Å²) in [6.07, 6.45) is 1.49. The first kappa shape index (κ1) is 12.7. The molecule has 8 nitrogen and oxygen atoms in total. The van der Waals surface area contributed by atoms with Crippen molar-refractivity contribution >= 4 is 17.5 Å². The zero-order valence-electron chi connectivity index (χ0n) is 10.1. The molecule has 2 rings (SSSR count). The van der Waals surface area contributed by atoms with Crippen LogP contribution >= 0.6 is 0 Å². The lowest BCUT2D eigenvalue weighted by Crippen LogP contribution is -2.26. The highest BCUT2D eigenvalue weighted by atomic mass is 16.5. The van der Waals surface area contributed by atoms with E-state index in [-0.39, 0.29) is 29.8 Å². The predicted molar refractivity (Wildman–Crippen MR) is 67.1 cm³/mol. The highest BCUT2D eigenvalue weighted by Crippen LogP contribution is 2.22. The van der Waals surface area contributed by atoms with E-state index in [1.807, 2.05) is 0 Å². The Kier molecular flexibility index (Phi) is 3.68. The molecular formula is C10H17N5O3. The molecule has 0 spiro atoms. The van der Waals surface area contributed by atoms with E-state index in [1.54, 1.807) is 7.11 Å². The van der Waals surface area contributed by atoms with Gasteiger partial charge in [-0.1, -0.05) is 0 Å². The van der Waals surface area contributed by atoms with Gasteiger partial charge in [-0.3, -0.25) is 9.78 Å². The van der Waals surface area contributed by atoms with Crippen molar-refractivity contribution in [1.29, 1.82) is 0 Å². The number of aromatic amines is 1. The summed E-state index contributed by atoms with van der Waals surface area (Å²) in [5.74, 6) is 0.266. The number of hydrogen-bond donors (Lipinski definition) is 4. The van der Waals surface area contributed by atoms with Gasteiger partial charge in [-0.15, -0.1) is 0 Å². The third-order valence-electron chi connectivity index (χ3n) is 2.73. The Morgan fingerprint density at radius 2 is 2.33 bits per heavy atom. The van der Waals surface area contributed by atoms with Gasteiger partial charge in [0.15, 0.2) is 5.82 Å². The molecule has 8 heteroatoms. The largest absolute Gasteiger partial charge is 0.391 e. The lowest BCUT2D eigenvalue weighted by atomic mass is 10.2. The third-order valence-corrected chi connectivity index (χ3v) is 2.73. The van der Waals surface area contributed by atoms with E-state index >= 15 is 0 Å². The number of rotatable bonds is 4. The van der Waals surface area contributed by atoms with Crippen LogP contribution in [0.3, 0.4) is 0 Å². The predicted octanol–water partition coefficient (Wildman–Crippen LogP) is -0.502. The van der Waals surface area contributed by atoms with Crippen molar-refractivity contribution in [1.82, 2.24) is 9.97 Å². The van der Waals surface area contributed by atoms with Crippen LogP contribution < -0.4 is 22.3 Å². The van der Waals surface area contributed by atoms with Crippen LogP contribution in [-0.4, -0.2) is 36.0 Å². The second kappa shape index (κ2) is 5.23. The van der Waals surface area contributed by atoms with Crippen LogP contribution in [0.4, 0.5) is 17.5 Å². The molecule has 0 unspecified atom stereocenters. The summed E-state index contributed by atoms with van der Waals surface area (Å²) < 4.78 is 10.7. The molecule has 1 aromatic heterocycles. The quantitative estimate of drug-likeness (QED) is 0.570. The monoisotopic (exact) mass is 255 g/mol. The van der Waals surface area contributed by atoms with Crippen molar-refractivity contribution in [3.63, 3.8) is 0 Å². The number of hydrogen-bond acceptors (Lipinski definition) is 7. The first-order chi connectivity index (χ1) is 8.60. The molecule has 1 aliphatic rings. The molecule has 6 N–H and O–H groups in total. The number of nitrogens with two attached hydrogens (primary N) is 2. The molecular weight excluding hydrogens is 238 g/mol. The van der Waals surface area contributed by atoms with Gasteiger partial charge in [0.1, 0.15) is 11.9 Å². The summed E-state index contributed by atoms with van der Waals surface area (Å²) in [7, 11) is 1.63. The Morgan fingerprint density at radius 1 is 1.56 bits per heavy atom. The molecule has 2 heterocycles. The lowest BCUT2D eigenvalue weighted by Gasteiger charge is -2.16. The van der Waals surface area contributed by atoms with Gasteiger partial charge in [0.25, 0.3) is 5.56 Å². The zero-order valence-corrected chi connectivity index (χ0v) is 10.1. The third kappa shape index (κ3) is 2.71. The van der Waals surface area contributed by atoms with E-state index < -0.39 is 5.56 Å². The number of H-pyrrole nitrogens is 1. The Hall–Kier alpha value is -1.80. The number of methoxy groups -OCH3 is 1. The summed E-state index contributed by atoms with van der Waals surface area (Å²) in [5.41, 5.74) is 10.6. The molecule has 1 fully saturated rings. The fraction of sp³-hybridized carbons (Fsp3) is 0.600. The summed E-state index contributed by atoms with van der Waals surface area (Å²) in [6.45, 7) is 0.540. The van der Waals surface area contributed by atoms with Crippen molar-refractivity contribution < 1.29 is 9.47 Å². The Bertz CT molecular complexity index is 475. The van der Waals surface area contributed by atoms with E-state index in [9.17, 15) is 4.79 Å². The molecule has 1 saturated heterocycles. The van der Waals surface area contributed by atoms with Gasteiger partial charge < -0.3 is 26.3 Å². The number of anilines is 3. The average Bonchev–Trinajstić information content (AvgIpc) is 2.73. The van der Waals surface area contributed by atoms with E-state index in [0.717, 1.165) is 12.8 Å². The van der Waals surface area contributed by atoms with Crippen molar-refractivity contribution in [2.24, 2.45) is 0 Å². The van der Waals surface area contributed by atoms with Gasteiger partial charge in [-0.05, 0) is 12.8 Å². The van der Waals surface area contributed by atoms with Crippen LogP contribution in [0, 0.1) is 0 Å². The minimum atomic E-state index is -0.462. The van der Waals surface area contributed by atoms with E-state index in [4.69, 9.17) is 20.9 Å². The lowest BCUT2D eigenvalue weighted by molar-refractivity contribution is 0.00858. The van der Waals surface area contributed by atoms with Crippen molar-refractivity contribution in [2.45, 2.75) is 25.2 Å². The van der Waals surface area contributed by atoms with Crippen LogP contribution in [0.5, 0.6) is 0 Å². The molecule has 1 aromatic rings. The maximum atomic E-state index is 11.4. The molecule has 0 aromatic carbocycles. The van der Waals surface area contributed by atoms with Crippen LogP contribution in [-0.2, 0) is 9.47 Å². The van der Waals surface area contributed by atoms with Gasteiger partial charge in [0, 0.05) is 7.11 Å². The van der Waals surface area contributed by atoms with E-state index in [2.05, 4.69) is 15.3 Å². The highest BCUT2D eigenvalue weighted by Gasteiger charge is 2.26. The van der Waals surface area contributed by atoms with Crippen LogP contribution in [0.15, 0.2) is 4.79 Å². The minimum absolute atomic E-state index is 0.00277. The fourth-order valence-corrected chi connectivity index (χ4v) is 1.88. The smallest absolute Gasteiger partial charge is 0.277 e. The molecule has 1 aliphatic heterocycles. The molecule has 0 bridgehead atoms. The van der Waals surface area contributed by atoms with Crippen LogP contribution in [0.2, 0.25) is 0 Å². The Labute approximate surface area is 104 Å². The number of ether oxygens (including phenoxy) is 2. The first-order valence-corrected chi connectivity index (χ1v) is 5.66. The van der Waals surface area contributed by atoms with Gasteiger partial charge >= 0.3 is 0 Å². The maximum absolute atomic E-state index is 11.4. The van der Waals surface area contributed by atoms with Crippen LogP contribution in [0.25, 0.3) is 0 Å². The summed E-state index contributed by atoms with van der Waals surface area (Å²) in [4.78, 5) is 17.7. The van der Waals surface area contributed by atoms with Crippen molar-refractivity contribution in [3.8, 4) is 0 Å². The zero-order chi connectivity index (χ0) is 13.1. The molecule has 18 heavy (non-hydrogen) atoms. The van der Waals surface area contributed by atoms with E-state index in [1.165, 1.54) is 0 Å². The average molecular weight is 255 g/mol. The second-order valence-electron chi connectivity index (χ2n) is 4.14. The maximum Gasteiger partial charge on any atom is 0.277 e. The molecule has 2 atom stereocenters. The number of nitrogen functional groups attached to an aromatic ring is 2. The minimum Gasteiger partial charge on any atom is -0.391 e. The summed E-state index contributed by atoms with van der Waals surface area (Å²) >= 11 is 0. The highest BCUT2D eigenvalue weighted by molar-refractivity contribution is 5.61. The normalized spacial score (nSPS) is 23.2. The molecule has 0 amide bonds. The topological polar surface area (TPSA) is 128 Å². The van der Waals surface area contributed by atoms with Crippen molar-refractivity contribution in [3.05, 3.63) is 10.4 Å². The number of nitrogens with one attached hydrogen (secondary N) is 2. The summed E-state index contributed by atoms with van der Waals surface area (Å²) in [6, 6.07) is 0. The second-order valence-corrected chi connectivity index (χ2v) is 4.14. The first-order valence-electron chi connectivity index (χ1n) is 5.66. The van der Waals surface area contributed by atoms with Gasteiger partial charge in [0.2, 0.25) is 5.95 Å². The van der Waals surface area contributed by atoms with Gasteiger partial charge in [-0.2, -0.15) is 4.98 Å². The summed E-state index contributed by atoms with van der Waals surface area (Å²) in [5, 5.41) is 2.97. The van der Waals surface area contributed by atoms with Crippen LogP contribution in [0.1, 0.15) is 12.8 Å². The Balaban J connectivity index is 2.05. The number of aromatic nitrogens is 2. The van der Waals surface area contributed by atoms with E-state index in [0.29, 0.717) is 6.61 Å². The molecule has 100 valence electrons.